The van der Waals surface area contributed by atoms with Crippen LogP contribution in [0.15, 0.2) is 204 Å². The van der Waals surface area contributed by atoms with E-state index in [1.807, 2.05) is 24.4 Å². The van der Waals surface area contributed by atoms with Crippen molar-refractivity contribution in [2.24, 2.45) is 28.7 Å². The number of aromatic nitrogens is 1. The number of hydrogen-bond acceptors (Lipinski definition) is 2. The van der Waals surface area contributed by atoms with Crippen molar-refractivity contribution in [3.8, 4) is 0 Å². The van der Waals surface area contributed by atoms with Gasteiger partial charge >= 0.3 is 0 Å². The molecule has 0 amide bonds. The van der Waals surface area contributed by atoms with Crippen LogP contribution in [0, 0.1) is 29.1 Å². The summed E-state index contributed by atoms with van der Waals surface area (Å²) in [7, 11) is 0. The lowest BCUT2D eigenvalue weighted by molar-refractivity contribution is 0.640. The van der Waals surface area contributed by atoms with E-state index in [2.05, 4.69) is 152 Å². The van der Waals surface area contributed by atoms with Crippen LogP contribution in [0.4, 0.5) is 0 Å². The van der Waals surface area contributed by atoms with Crippen LogP contribution in [-0.4, -0.2) is 16.5 Å². The Morgan fingerprint density at radius 2 is 1.90 bits per heavy atom. The predicted octanol–water partition coefficient (Wildman–Crippen LogP) is 12.0. The SMILES string of the molecule is C=C(/C=C\C=C\C1C=CC=C2C=CC=CC21)C(=N)N=C(/C=C/C1C=CC(c2cccnc2)=CC1)C1=CCC(C2=CCCC(/C=C\CCC)=C2)C=C1. The number of pyridine rings is 1. The maximum Gasteiger partial charge on any atom is 0.151 e. The molecule has 0 aliphatic heterocycles. The molecule has 3 heteroatoms. The van der Waals surface area contributed by atoms with Gasteiger partial charge in [-0.3, -0.25) is 10.4 Å². The predicted molar refractivity (Wildman–Crippen MR) is 218 cm³/mol. The Hall–Kier alpha value is -5.41. The van der Waals surface area contributed by atoms with Crippen molar-refractivity contribution in [2.75, 3.05) is 0 Å². The van der Waals surface area contributed by atoms with E-state index in [1.54, 1.807) is 6.20 Å². The molecule has 0 aromatic carbocycles. The second-order valence-corrected chi connectivity index (χ2v) is 13.5. The highest BCUT2D eigenvalue weighted by atomic mass is 14.8. The van der Waals surface area contributed by atoms with Crippen LogP contribution < -0.4 is 0 Å². The van der Waals surface area contributed by atoms with Gasteiger partial charge in [0.1, 0.15) is 0 Å². The number of fused-ring (bicyclic) bond motifs is 1. The second kappa shape index (κ2) is 18.0. The van der Waals surface area contributed by atoms with E-state index in [0.29, 0.717) is 23.3 Å². The first-order valence-electron chi connectivity index (χ1n) is 18.4. The molecule has 0 fully saturated rings. The normalized spacial score (nSPS) is 24.6. The Labute approximate surface area is 305 Å². The van der Waals surface area contributed by atoms with Gasteiger partial charge in [0, 0.05) is 35.7 Å². The Balaban J connectivity index is 1.15. The molecule has 256 valence electrons. The van der Waals surface area contributed by atoms with Gasteiger partial charge in [0.2, 0.25) is 0 Å². The molecule has 1 aromatic rings. The van der Waals surface area contributed by atoms with Gasteiger partial charge in [0.25, 0.3) is 0 Å². The summed E-state index contributed by atoms with van der Waals surface area (Å²) in [6.45, 7) is 6.42. The molecule has 1 aromatic heterocycles. The summed E-state index contributed by atoms with van der Waals surface area (Å²) in [5.41, 5.74) is 8.89. The quantitative estimate of drug-likeness (QED) is 0.135. The minimum Gasteiger partial charge on any atom is -0.282 e. The minimum atomic E-state index is 0.165. The summed E-state index contributed by atoms with van der Waals surface area (Å²) < 4.78 is 0. The van der Waals surface area contributed by atoms with Gasteiger partial charge in [-0.1, -0.05) is 160 Å². The van der Waals surface area contributed by atoms with E-state index >= 15 is 0 Å². The van der Waals surface area contributed by atoms with E-state index < -0.39 is 0 Å². The molecule has 51 heavy (non-hydrogen) atoms. The molecule has 0 spiro atoms. The first-order valence-corrected chi connectivity index (χ1v) is 18.4. The van der Waals surface area contributed by atoms with Crippen molar-refractivity contribution in [1.29, 1.82) is 5.41 Å². The van der Waals surface area contributed by atoms with Crippen molar-refractivity contribution in [3.63, 3.8) is 0 Å². The summed E-state index contributed by atoms with van der Waals surface area (Å²) >= 11 is 0. The van der Waals surface area contributed by atoms with Crippen LogP contribution in [-0.2, 0) is 0 Å². The van der Waals surface area contributed by atoms with Gasteiger partial charge in [0.15, 0.2) is 5.84 Å². The molecule has 5 aliphatic rings. The topological polar surface area (TPSA) is 49.1 Å². The molecule has 5 aliphatic carbocycles. The van der Waals surface area contributed by atoms with Gasteiger partial charge in [-0.15, -0.1) is 0 Å². The monoisotopic (exact) mass is 667 g/mol. The number of nitrogens with zero attached hydrogens (tertiary/aromatic N) is 2. The summed E-state index contributed by atoms with van der Waals surface area (Å²) in [4.78, 5) is 9.13. The van der Waals surface area contributed by atoms with Crippen molar-refractivity contribution in [2.45, 2.75) is 45.4 Å². The zero-order valence-electron chi connectivity index (χ0n) is 29.7. The fourth-order valence-corrected chi connectivity index (χ4v) is 6.86. The standard InChI is InChI=1S/C48H49N3/c1-3-4-5-14-38-15-10-20-44(34-38)39-28-30-43(31-29-39)47(32-25-37-23-26-40(27-24-37)45-21-12-33-50-35-45)51-48(49)36(2)13-6-7-16-41-18-11-19-42-17-8-9-22-46(41)42/h5-9,11-14,16-23,25-28,30-35,37,39,41,46,49H,2-4,10,15,24,29H2,1H3/b13-6-,14-5-,16-7+,32-25+,49-48?,51-47?. The molecule has 0 bridgehead atoms. The van der Waals surface area contributed by atoms with E-state index in [1.165, 1.54) is 28.7 Å². The van der Waals surface area contributed by atoms with E-state index in [9.17, 15) is 0 Å². The number of aliphatic imine (C=N–C) groups is 1. The van der Waals surface area contributed by atoms with Crippen molar-refractivity contribution in [3.05, 3.63) is 204 Å². The van der Waals surface area contributed by atoms with Crippen LogP contribution in [0.2, 0.25) is 0 Å². The molecule has 4 atom stereocenters. The highest BCUT2D eigenvalue weighted by molar-refractivity contribution is 6.17. The summed E-state index contributed by atoms with van der Waals surface area (Å²) in [5, 5.41) is 8.90. The van der Waals surface area contributed by atoms with Crippen LogP contribution >= 0.6 is 0 Å². The average Bonchev–Trinajstić information content (AvgIpc) is 3.19. The van der Waals surface area contributed by atoms with Crippen molar-refractivity contribution in [1.82, 2.24) is 4.98 Å². The van der Waals surface area contributed by atoms with Gasteiger partial charge < -0.3 is 0 Å². The van der Waals surface area contributed by atoms with Crippen LogP contribution in [0.5, 0.6) is 0 Å². The molecular weight excluding hydrogens is 619 g/mol. The number of hydrogen-bond donors (Lipinski definition) is 1. The molecule has 4 unspecified atom stereocenters. The zero-order valence-corrected chi connectivity index (χ0v) is 29.7. The van der Waals surface area contributed by atoms with Gasteiger partial charge in [0.05, 0.1) is 5.71 Å². The number of amidine groups is 1. The number of allylic oxidation sites excluding steroid dienone is 27. The lowest BCUT2D eigenvalue weighted by atomic mass is 9.80. The van der Waals surface area contributed by atoms with Gasteiger partial charge in [-0.25, -0.2) is 4.99 Å². The second-order valence-electron chi connectivity index (χ2n) is 13.5. The molecule has 1 heterocycles. The van der Waals surface area contributed by atoms with Crippen molar-refractivity contribution < 1.29 is 0 Å². The first-order chi connectivity index (χ1) is 25.1. The largest absolute Gasteiger partial charge is 0.282 e. The molecule has 1 N–H and O–H groups in total. The van der Waals surface area contributed by atoms with Gasteiger partial charge in [-0.2, -0.15) is 0 Å². The van der Waals surface area contributed by atoms with Crippen LogP contribution in [0.25, 0.3) is 5.57 Å². The average molecular weight is 668 g/mol. The summed E-state index contributed by atoms with van der Waals surface area (Å²) in [5.74, 6) is 1.43. The Bertz CT molecular complexity index is 1930. The highest BCUT2D eigenvalue weighted by Gasteiger charge is 2.20. The minimum absolute atomic E-state index is 0.165. The molecule has 6 rings (SSSR count). The Morgan fingerprint density at radius 1 is 0.961 bits per heavy atom. The Kier molecular flexibility index (Phi) is 12.5. The van der Waals surface area contributed by atoms with E-state index in [-0.39, 0.29) is 11.8 Å². The lowest BCUT2D eigenvalue weighted by Gasteiger charge is -2.24. The molecular formula is C48H49N3. The summed E-state index contributed by atoms with van der Waals surface area (Å²) in [6, 6.07) is 4.07. The third kappa shape index (κ3) is 9.86. The van der Waals surface area contributed by atoms with Crippen LogP contribution in [0.1, 0.15) is 51.0 Å². The lowest BCUT2D eigenvalue weighted by Crippen LogP contribution is -2.14. The maximum absolute atomic E-state index is 8.90. The third-order valence-corrected chi connectivity index (χ3v) is 9.82. The molecule has 0 radical (unpaired) electrons. The fourth-order valence-electron chi connectivity index (χ4n) is 6.86. The maximum atomic E-state index is 8.90. The van der Waals surface area contributed by atoms with Crippen molar-refractivity contribution >= 4 is 17.1 Å². The Morgan fingerprint density at radius 3 is 2.71 bits per heavy atom. The number of rotatable bonds is 12. The molecule has 3 nitrogen and oxygen atoms in total. The zero-order chi connectivity index (χ0) is 35.3. The van der Waals surface area contributed by atoms with Gasteiger partial charge in [-0.05, 0) is 83.6 Å². The first kappa shape index (κ1) is 35.4. The molecule has 0 saturated heterocycles. The van der Waals surface area contributed by atoms with E-state index in [4.69, 9.17) is 10.4 Å². The smallest absolute Gasteiger partial charge is 0.151 e. The van der Waals surface area contributed by atoms with Crippen LogP contribution in [0.3, 0.4) is 0 Å². The summed E-state index contributed by atoms with van der Waals surface area (Å²) in [6.07, 6.45) is 60.5. The molecule has 0 saturated carbocycles. The fraction of sp³-hybridized carbons (Fsp3) is 0.229. The highest BCUT2D eigenvalue weighted by Crippen LogP contribution is 2.33. The third-order valence-electron chi connectivity index (χ3n) is 9.82. The number of unbranched alkanes of at least 4 members (excludes halogenated alkanes) is 1. The van der Waals surface area contributed by atoms with E-state index in [0.717, 1.165) is 49.0 Å². The number of nitrogens with one attached hydrogen (secondary N) is 1.